The van der Waals surface area contributed by atoms with Crippen LogP contribution < -0.4 is 0 Å². The van der Waals surface area contributed by atoms with Gasteiger partial charge in [0.15, 0.2) is 0 Å². The molecule has 0 heterocycles. The molecule has 1 rings (SSSR count). The third-order valence-electron chi connectivity index (χ3n) is 7.00. The molecule has 194 valence electrons. The lowest BCUT2D eigenvalue weighted by atomic mass is 9.93. The van der Waals surface area contributed by atoms with Gasteiger partial charge in [0.25, 0.3) is 0 Å². The highest BCUT2D eigenvalue weighted by molar-refractivity contribution is 5.13. The van der Waals surface area contributed by atoms with Crippen molar-refractivity contribution in [2.45, 2.75) is 118 Å². The smallest absolute Gasteiger partial charge is 0.0716 e. The van der Waals surface area contributed by atoms with E-state index in [2.05, 4.69) is 83.2 Å². The van der Waals surface area contributed by atoms with Crippen molar-refractivity contribution in [1.82, 2.24) is 0 Å². The number of hydrogen-bond donors (Lipinski definition) is 0. The third-order valence-corrected chi connectivity index (χ3v) is 7.00. The molecule has 34 heavy (non-hydrogen) atoms. The standard InChI is InChI=1S/C33H56O/c1-6-7-8-9-11-17-29(2)18-14-19-30(3)20-15-21-31(4)22-16-23-32(5)26-27-34-28-33-24-12-10-13-25-33/h10,12-13,15-16,21,23-25,29-32H,6-9,11,14,17-20,22,26-28H2,1-5H3/b21-15+,23-16+/t29-,30-,31-,32-/m0/s1. The fourth-order valence-corrected chi connectivity index (χ4v) is 4.45. The molecule has 1 nitrogen and oxygen atoms in total. The van der Waals surface area contributed by atoms with Gasteiger partial charge in [-0.15, -0.1) is 0 Å². The van der Waals surface area contributed by atoms with Crippen LogP contribution in [0.4, 0.5) is 0 Å². The van der Waals surface area contributed by atoms with Gasteiger partial charge in [-0.2, -0.15) is 0 Å². The number of benzene rings is 1. The van der Waals surface area contributed by atoms with E-state index in [9.17, 15) is 0 Å². The van der Waals surface area contributed by atoms with E-state index in [1.807, 2.05) is 6.07 Å². The van der Waals surface area contributed by atoms with Gasteiger partial charge in [-0.3, -0.25) is 0 Å². The Morgan fingerprint density at radius 3 is 2.09 bits per heavy atom. The molecule has 4 atom stereocenters. The Hall–Kier alpha value is -1.34. The van der Waals surface area contributed by atoms with Gasteiger partial charge < -0.3 is 4.74 Å². The van der Waals surface area contributed by atoms with Crippen LogP contribution in [0.25, 0.3) is 0 Å². The van der Waals surface area contributed by atoms with Crippen molar-refractivity contribution in [3.63, 3.8) is 0 Å². The van der Waals surface area contributed by atoms with Crippen LogP contribution in [0.1, 0.15) is 117 Å². The first-order chi connectivity index (χ1) is 16.5. The summed E-state index contributed by atoms with van der Waals surface area (Å²) in [7, 11) is 0. The van der Waals surface area contributed by atoms with Crippen molar-refractivity contribution >= 4 is 0 Å². The van der Waals surface area contributed by atoms with E-state index in [0.29, 0.717) is 11.8 Å². The third kappa shape index (κ3) is 18.0. The van der Waals surface area contributed by atoms with Crippen molar-refractivity contribution in [3.05, 3.63) is 60.2 Å². The predicted octanol–water partition coefficient (Wildman–Crippen LogP) is 10.6. The molecule has 0 fully saturated rings. The number of rotatable bonds is 21. The van der Waals surface area contributed by atoms with E-state index in [1.165, 1.54) is 69.8 Å². The molecule has 0 amide bonds. The topological polar surface area (TPSA) is 9.23 Å². The zero-order chi connectivity index (χ0) is 24.9. The fourth-order valence-electron chi connectivity index (χ4n) is 4.45. The summed E-state index contributed by atoms with van der Waals surface area (Å²) in [4.78, 5) is 0. The van der Waals surface area contributed by atoms with E-state index in [0.717, 1.165) is 37.9 Å². The van der Waals surface area contributed by atoms with Crippen molar-refractivity contribution in [1.29, 1.82) is 0 Å². The quantitative estimate of drug-likeness (QED) is 0.129. The van der Waals surface area contributed by atoms with Crippen molar-refractivity contribution in [3.8, 4) is 0 Å². The van der Waals surface area contributed by atoms with Crippen LogP contribution in [0.2, 0.25) is 0 Å². The van der Waals surface area contributed by atoms with Crippen LogP contribution in [-0.4, -0.2) is 6.61 Å². The van der Waals surface area contributed by atoms with Gasteiger partial charge in [-0.05, 0) is 48.5 Å². The first kappa shape index (κ1) is 30.7. The number of ether oxygens (including phenoxy) is 1. The van der Waals surface area contributed by atoms with Crippen LogP contribution in [0, 0.1) is 23.7 Å². The Balaban J connectivity index is 2.04. The molecule has 0 aromatic heterocycles. The van der Waals surface area contributed by atoms with Gasteiger partial charge in [0, 0.05) is 6.61 Å². The summed E-state index contributed by atoms with van der Waals surface area (Å²) in [6.07, 6.45) is 25.7. The van der Waals surface area contributed by atoms with Gasteiger partial charge in [0.05, 0.1) is 6.61 Å². The maximum Gasteiger partial charge on any atom is 0.0716 e. The summed E-state index contributed by atoms with van der Waals surface area (Å²) in [5.74, 6) is 2.92. The lowest BCUT2D eigenvalue weighted by molar-refractivity contribution is 0.113. The summed E-state index contributed by atoms with van der Waals surface area (Å²) >= 11 is 0. The molecule has 1 aromatic rings. The average Bonchev–Trinajstić information content (AvgIpc) is 2.82. The minimum atomic E-state index is 0.575. The molecule has 0 radical (unpaired) electrons. The maximum absolute atomic E-state index is 5.82. The number of allylic oxidation sites excluding steroid dienone is 4. The van der Waals surface area contributed by atoms with Crippen molar-refractivity contribution < 1.29 is 4.74 Å². The minimum absolute atomic E-state index is 0.575. The maximum atomic E-state index is 5.82. The molecule has 0 aliphatic heterocycles. The molecular formula is C33H56O. The molecule has 1 heteroatoms. The van der Waals surface area contributed by atoms with Crippen LogP contribution >= 0.6 is 0 Å². The highest BCUT2D eigenvalue weighted by atomic mass is 16.5. The van der Waals surface area contributed by atoms with E-state index in [-0.39, 0.29) is 0 Å². The van der Waals surface area contributed by atoms with Gasteiger partial charge in [-0.25, -0.2) is 0 Å². The molecule has 0 N–H and O–H groups in total. The first-order valence-corrected chi connectivity index (χ1v) is 14.5. The zero-order valence-electron chi connectivity index (χ0n) is 23.3. The normalized spacial score (nSPS) is 15.7. The summed E-state index contributed by atoms with van der Waals surface area (Å²) in [6.45, 7) is 13.3. The molecule has 0 saturated carbocycles. The van der Waals surface area contributed by atoms with E-state index < -0.39 is 0 Å². The summed E-state index contributed by atoms with van der Waals surface area (Å²) in [6, 6.07) is 10.4. The molecule has 0 aliphatic rings. The lowest BCUT2D eigenvalue weighted by Gasteiger charge is -2.13. The summed E-state index contributed by atoms with van der Waals surface area (Å²) < 4.78 is 5.82. The summed E-state index contributed by atoms with van der Waals surface area (Å²) in [5, 5.41) is 0. The van der Waals surface area contributed by atoms with Crippen molar-refractivity contribution in [2.24, 2.45) is 23.7 Å². The Morgan fingerprint density at radius 2 is 1.32 bits per heavy atom. The lowest BCUT2D eigenvalue weighted by Crippen LogP contribution is -2.00. The second-order valence-corrected chi connectivity index (χ2v) is 11.0. The van der Waals surface area contributed by atoms with E-state index >= 15 is 0 Å². The second-order valence-electron chi connectivity index (χ2n) is 11.0. The van der Waals surface area contributed by atoms with Gasteiger partial charge >= 0.3 is 0 Å². The van der Waals surface area contributed by atoms with Gasteiger partial charge in [-0.1, -0.05) is 147 Å². The largest absolute Gasteiger partial charge is 0.377 e. The van der Waals surface area contributed by atoms with Crippen LogP contribution in [-0.2, 0) is 11.3 Å². The Kier molecular flexibility index (Phi) is 18.9. The minimum Gasteiger partial charge on any atom is -0.377 e. The Bertz CT molecular complexity index is 617. The molecule has 0 saturated heterocycles. The Morgan fingerprint density at radius 1 is 0.676 bits per heavy atom. The fraction of sp³-hybridized carbons (Fsp3) is 0.697. The molecule has 0 bridgehead atoms. The molecule has 0 spiro atoms. The van der Waals surface area contributed by atoms with Gasteiger partial charge in [0.1, 0.15) is 0 Å². The summed E-state index contributed by atoms with van der Waals surface area (Å²) in [5.41, 5.74) is 1.25. The molecule has 0 aliphatic carbocycles. The Labute approximate surface area is 213 Å². The molecular weight excluding hydrogens is 412 g/mol. The van der Waals surface area contributed by atoms with Gasteiger partial charge in [0.2, 0.25) is 0 Å². The predicted molar refractivity (Wildman–Crippen MR) is 152 cm³/mol. The van der Waals surface area contributed by atoms with Crippen molar-refractivity contribution in [2.75, 3.05) is 6.61 Å². The second kappa shape index (κ2) is 21.0. The first-order valence-electron chi connectivity index (χ1n) is 14.5. The highest BCUT2D eigenvalue weighted by Crippen LogP contribution is 2.20. The molecule has 0 unspecified atom stereocenters. The average molecular weight is 469 g/mol. The zero-order valence-corrected chi connectivity index (χ0v) is 23.3. The molecule has 1 aromatic carbocycles. The van der Waals surface area contributed by atoms with E-state index in [4.69, 9.17) is 4.74 Å². The monoisotopic (exact) mass is 468 g/mol. The number of hydrogen-bond acceptors (Lipinski definition) is 1. The van der Waals surface area contributed by atoms with Crippen LogP contribution in [0.15, 0.2) is 54.6 Å². The highest BCUT2D eigenvalue weighted by Gasteiger charge is 2.05. The van der Waals surface area contributed by atoms with E-state index in [1.54, 1.807) is 0 Å². The SMILES string of the molecule is CCCCCCC[C@H](C)CCC[C@H](C)C/C=C/[C@H](C)C/C=C/[C@H](C)CCOCc1ccccc1. The number of unbranched alkanes of at least 4 members (excludes halogenated alkanes) is 4. The van der Waals surface area contributed by atoms with Crippen LogP contribution in [0.5, 0.6) is 0 Å². The van der Waals surface area contributed by atoms with Crippen LogP contribution in [0.3, 0.4) is 0 Å².